The molecule has 0 aliphatic rings. The van der Waals surface area contributed by atoms with Gasteiger partial charge < -0.3 is 10.5 Å². The number of ether oxygens (including phenoxy) is 1. The van der Waals surface area contributed by atoms with Crippen LogP contribution in [0.4, 0.5) is 0 Å². The summed E-state index contributed by atoms with van der Waals surface area (Å²) in [6.07, 6.45) is 3.46. The molecule has 2 N–H and O–H groups in total. The lowest BCUT2D eigenvalue weighted by Crippen LogP contribution is -2.48. The highest BCUT2D eigenvalue weighted by molar-refractivity contribution is 5.07. The molecule has 0 aliphatic heterocycles. The van der Waals surface area contributed by atoms with Gasteiger partial charge in [-0.25, -0.2) is 0 Å². The second-order valence-electron chi connectivity index (χ2n) is 4.23. The number of rotatable bonds is 6. The van der Waals surface area contributed by atoms with Crippen molar-refractivity contribution >= 4 is 0 Å². The highest BCUT2D eigenvalue weighted by Crippen LogP contribution is 2.21. The first-order valence-electron chi connectivity index (χ1n) is 5.91. The monoisotopic (exact) mass is 222 g/mol. The normalized spacial score (nSPS) is 16.8. The summed E-state index contributed by atoms with van der Waals surface area (Å²) in [5, 5.41) is 0. The summed E-state index contributed by atoms with van der Waals surface area (Å²) in [6, 6.07) is 5.88. The van der Waals surface area contributed by atoms with Gasteiger partial charge in [-0.05, 0) is 32.4 Å². The molecule has 0 saturated heterocycles. The van der Waals surface area contributed by atoms with Crippen LogP contribution in [0.25, 0.3) is 0 Å². The zero-order valence-electron chi connectivity index (χ0n) is 10.4. The Labute approximate surface area is 98.0 Å². The highest BCUT2D eigenvalue weighted by Gasteiger charge is 2.30. The smallest absolute Gasteiger partial charge is 0.0805 e. The fourth-order valence-corrected chi connectivity index (χ4v) is 1.76. The van der Waals surface area contributed by atoms with E-state index in [2.05, 4.69) is 18.8 Å². The van der Waals surface area contributed by atoms with Gasteiger partial charge >= 0.3 is 0 Å². The van der Waals surface area contributed by atoms with Gasteiger partial charge in [0.15, 0.2) is 0 Å². The Kier molecular flexibility index (Phi) is 4.90. The first-order chi connectivity index (χ1) is 7.62. The van der Waals surface area contributed by atoms with Crippen LogP contribution in [0.1, 0.15) is 32.9 Å². The number of nitrogens with two attached hydrogens (primary N) is 1. The minimum Gasteiger partial charge on any atom is -0.374 e. The van der Waals surface area contributed by atoms with Crippen LogP contribution in [-0.2, 0) is 11.2 Å². The van der Waals surface area contributed by atoms with Crippen LogP contribution >= 0.6 is 0 Å². The van der Waals surface area contributed by atoms with Gasteiger partial charge in [-0.3, -0.25) is 4.98 Å². The third kappa shape index (κ3) is 3.29. The van der Waals surface area contributed by atoms with Crippen LogP contribution in [0.5, 0.6) is 0 Å². The summed E-state index contributed by atoms with van der Waals surface area (Å²) >= 11 is 0. The maximum atomic E-state index is 6.22. The summed E-state index contributed by atoms with van der Waals surface area (Å²) in [6.45, 7) is 6.87. The summed E-state index contributed by atoms with van der Waals surface area (Å²) in [4.78, 5) is 4.29. The van der Waals surface area contributed by atoms with Crippen molar-refractivity contribution in [3.63, 3.8) is 0 Å². The van der Waals surface area contributed by atoms with Crippen molar-refractivity contribution < 1.29 is 4.74 Å². The van der Waals surface area contributed by atoms with Crippen molar-refractivity contribution in [1.29, 1.82) is 0 Å². The van der Waals surface area contributed by atoms with Gasteiger partial charge in [-0.2, -0.15) is 0 Å². The van der Waals surface area contributed by atoms with Gasteiger partial charge in [0.1, 0.15) is 0 Å². The molecule has 90 valence electrons. The van der Waals surface area contributed by atoms with E-state index in [1.807, 2.05) is 25.1 Å². The number of hydrogen-bond acceptors (Lipinski definition) is 3. The topological polar surface area (TPSA) is 48.1 Å². The van der Waals surface area contributed by atoms with Crippen molar-refractivity contribution in [3.05, 3.63) is 30.1 Å². The van der Waals surface area contributed by atoms with E-state index in [0.717, 1.165) is 18.5 Å². The van der Waals surface area contributed by atoms with Crippen LogP contribution in [0.15, 0.2) is 24.4 Å². The third-order valence-corrected chi connectivity index (χ3v) is 3.12. The quantitative estimate of drug-likeness (QED) is 0.802. The average molecular weight is 222 g/mol. The first-order valence-corrected chi connectivity index (χ1v) is 5.91. The van der Waals surface area contributed by atoms with Crippen molar-refractivity contribution in [1.82, 2.24) is 4.98 Å². The van der Waals surface area contributed by atoms with Gasteiger partial charge in [0.25, 0.3) is 0 Å². The SMILES string of the molecule is CCOC(C)(CC)C(N)Cc1ccccn1. The molecule has 0 spiro atoms. The zero-order chi connectivity index (χ0) is 12.0. The summed E-state index contributed by atoms with van der Waals surface area (Å²) < 4.78 is 5.76. The van der Waals surface area contributed by atoms with Crippen molar-refractivity contribution in [2.45, 2.75) is 45.3 Å². The number of aromatic nitrogens is 1. The Morgan fingerprint density at radius 3 is 2.69 bits per heavy atom. The maximum Gasteiger partial charge on any atom is 0.0805 e. The van der Waals surface area contributed by atoms with Crippen molar-refractivity contribution in [3.8, 4) is 0 Å². The van der Waals surface area contributed by atoms with E-state index in [4.69, 9.17) is 10.5 Å². The standard InChI is InChI=1S/C13H22N2O/c1-4-13(3,16-5-2)12(14)10-11-8-6-7-9-15-11/h6-9,12H,4-5,10,14H2,1-3H3. The molecule has 16 heavy (non-hydrogen) atoms. The lowest BCUT2D eigenvalue weighted by molar-refractivity contribution is -0.0463. The molecule has 1 aromatic heterocycles. The van der Waals surface area contributed by atoms with Gasteiger partial charge in [-0.15, -0.1) is 0 Å². The molecular weight excluding hydrogens is 200 g/mol. The lowest BCUT2D eigenvalue weighted by Gasteiger charge is -2.34. The fourth-order valence-electron chi connectivity index (χ4n) is 1.76. The molecule has 0 aliphatic carbocycles. The van der Waals surface area contributed by atoms with Crippen LogP contribution < -0.4 is 5.73 Å². The molecule has 0 saturated carbocycles. The second kappa shape index (κ2) is 5.97. The number of hydrogen-bond donors (Lipinski definition) is 1. The molecular formula is C13H22N2O. The highest BCUT2D eigenvalue weighted by atomic mass is 16.5. The number of nitrogens with zero attached hydrogens (tertiary/aromatic N) is 1. The molecule has 2 unspecified atom stereocenters. The van der Waals surface area contributed by atoms with Crippen LogP contribution in [0, 0.1) is 0 Å². The molecule has 3 heteroatoms. The molecule has 0 bridgehead atoms. The van der Waals surface area contributed by atoms with Crippen LogP contribution in [0.2, 0.25) is 0 Å². The largest absolute Gasteiger partial charge is 0.374 e. The van der Waals surface area contributed by atoms with Gasteiger partial charge in [-0.1, -0.05) is 13.0 Å². The molecule has 1 heterocycles. The minimum absolute atomic E-state index is 0.0210. The summed E-state index contributed by atoms with van der Waals surface area (Å²) in [5.41, 5.74) is 6.98. The van der Waals surface area contributed by atoms with Crippen LogP contribution in [0.3, 0.4) is 0 Å². The molecule has 0 fully saturated rings. The van der Waals surface area contributed by atoms with E-state index in [0.29, 0.717) is 6.61 Å². The molecule has 1 rings (SSSR count). The Hall–Kier alpha value is -0.930. The first kappa shape index (κ1) is 13.1. The zero-order valence-corrected chi connectivity index (χ0v) is 10.4. The predicted octanol–water partition coefficient (Wildman–Crippen LogP) is 2.16. The Morgan fingerprint density at radius 2 is 2.19 bits per heavy atom. The average Bonchev–Trinajstić information content (AvgIpc) is 2.30. The van der Waals surface area contributed by atoms with Crippen LogP contribution in [-0.4, -0.2) is 23.2 Å². The van der Waals surface area contributed by atoms with Gasteiger partial charge in [0.05, 0.1) is 5.60 Å². The Bertz CT molecular complexity index is 302. The van der Waals surface area contributed by atoms with E-state index in [1.54, 1.807) is 6.20 Å². The molecule has 0 radical (unpaired) electrons. The molecule has 1 aromatic rings. The molecule has 0 amide bonds. The third-order valence-electron chi connectivity index (χ3n) is 3.12. The molecule has 3 nitrogen and oxygen atoms in total. The maximum absolute atomic E-state index is 6.22. The predicted molar refractivity (Wildman–Crippen MR) is 66.2 cm³/mol. The summed E-state index contributed by atoms with van der Waals surface area (Å²) in [7, 11) is 0. The van der Waals surface area contributed by atoms with Crippen molar-refractivity contribution in [2.75, 3.05) is 6.61 Å². The summed E-state index contributed by atoms with van der Waals surface area (Å²) in [5.74, 6) is 0. The van der Waals surface area contributed by atoms with E-state index in [9.17, 15) is 0 Å². The minimum atomic E-state index is -0.258. The second-order valence-corrected chi connectivity index (χ2v) is 4.23. The Morgan fingerprint density at radius 1 is 1.44 bits per heavy atom. The van der Waals surface area contributed by atoms with E-state index >= 15 is 0 Å². The fraction of sp³-hybridized carbons (Fsp3) is 0.615. The molecule has 2 atom stereocenters. The Balaban J connectivity index is 2.66. The lowest BCUT2D eigenvalue weighted by atomic mass is 9.90. The van der Waals surface area contributed by atoms with E-state index in [1.165, 1.54) is 0 Å². The van der Waals surface area contributed by atoms with E-state index in [-0.39, 0.29) is 11.6 Å². The number of pyridine rings is 1. The van der Waals surface area contributed by atoms with Gasteiger partial charge in [0.2, 0.25) is 0 Å². The molecule has 0 aromatic carbocycles. The van der Waals surface area contributed by atoms with Crippen molar-refractivity contribution in [2.24, 2.45) is 5.73 Å². The van der Waals surface area contributed by atoms with E-state index < -0.39 is 0 Å². The van der Waals surface area contributed by atoms with Gasteiger partial charge in [0, 0.05) is 31.0 Å².